The van der Waals surface area contributed by atoms with E-state index < -0.39 is 0 Å². The molecule has 0 N–H and O–H groups in total. The fourth-order valence-corrected chi connectivity index (χ4v) is 3.33. The molecule has 1 aliphatic rings. The maximum Gasteiger partial charge on any atom is 0.122 e. The molecule has 0 aromatic heterocycles. The molecule has 1 aliphatic carbocycles. The zero-order chi connectivity index (χ0) is 12.1. The monoisotopic (exact) mass is 296 g/mol. The van der Waals surface area contributed by atoms with Gasteiger partial charge in [0.2, 0.25) is 0 Å². The van der Waals surface area contributed by atoms with Crippen LogP contribution in [-0.2, 0) is 6.42 Å². The molecule has 0 heterocycles. The molecule has 1 nitrogen and oxygen atoms in total. The highest BCUT2D eigenvalue weighted by molar-refractivity contribution is 9.09. The lowest BCUT2D eigenvalue weighted by Gasteiger charge is -2.27. The first kappa shape index (κ1) is 12.9. The van der Waals surface area contributed by atoms with Crippen LogP contribution in [0, 0.1) is 5.41 Å². The molecule has 2 heteroatoms. The van der Waals surface area contributed by atoms with E-state index in [0.717, 1.165) is 24.1 Å². The van der Waals surface area contributed by atoms with Crippen LogP contribution >= 0.6 is 15.9 Å². The number of aryl methyl sites for hydroxylation is 1. The summed E-state index contributed by atoms with van der Waals surface area (Å²) in [7, 11) is 0. The second-order valence-corrected chi connectivity index (χ2v) is 5.65. The molecule has 0 amide bonds. The first-order valence-corrected chi connectivity index (χ1v) is 7.68. The van der Waals surface area contributed by atoms with E-state index in [-0.39, 0.29) is 0 Å². The van der Waals surface area contributed by atoms with Crippen LogP contribution in [0.4, 0.5) is 0 Å². The van der Waals surface area contributed by atoms with Gasteiger partial charge < -0.3 is 4.74 Å². The minimum atomic E-state index is 0.376. The summed E-state index contributed by atoms with van der Waals surface area (Å²) < 4.78 is 6.08. The Labute approximate surface area is 113 Å². The lowest BCUT2D eigenvalue weighted by atomic mass is 9.90. The summed E-state index contributed by atoms with van der Waals surface area (Å²) in [5, 5.41) is 1.06. The average molecular weight is 297 g/mol. The Kier molecular flexibility index (Phi) is 4.49. The van der Waals surface area contributed by atoms with Crippen LogP contribution < -0.4 is 4.74 Å². The van der Waals surface area contributed by atoms with Gasteiger partial charge in [-0.25, -0.2) is 0 Å². The van der Waals surface area contributed by atoms with E-state index in [1.54, 1.807) is 0 Å². The van der Waals surface area contributed by atoms with Gasteiger partial charge in [0, 0.05) is 10.7 Å². The summed E-state index contributed by atoms with van der Waals surface area (Å²) in [6.45, 7) is 3.04. The number of para-hydroxylation sites is 1. The van der Waals surface area contributed by atoms with Crippen molar-refractivity contribution in [2.75, 3.05) is 11.9 Å². The first-order valence-electron chi connectivity index (χ1n) is 6.56. The van der Waals surface area contributed by atoms with E-state index in [1.165, 1.54) is 31.2 Å². The SMILES string of the molecule is CCc1ccccc1OCC1(CBr)CCCC1. The van der Waals surface area contributed by atoms with Gasteiger partial charge in [-0.2, -0.15) is 0 Å². The molecule has 1 fully saturated rings. The second-order valence-electron chi connectivity index (χ2n) is 5.09. The first-order chi connectivity index (χ1) is 8.29. The van der Waals surface area contributed by atoms with Crippen LogP contribution in [0.2, 0.25) is 0 Å². The molecule has 1 aromatic rings. The predicted molar refractivity (Wildman–Crippen MR) is 76.0 cm³/mol. The molecule has 2 rings (SSSR count). The van der Waals surface area contributed by atoms with Crippen LogP contribution in [0.1, 0.15) is 38.2 Å². The van der Waals surface area contributed by atoms with Gasteiger partial charge in [0.1, 0.15) is 5.75 Å². The highest BCUT2D eigenvalue weighted by atomic mass is 79.9. The summed E-state index contributed by atoms with van der Waals surface area (Å²) >= 11 is 3.66. The standard InChI is InChI=1S/C15H21BrO/c1-2-13-7-3-4-8-14(13)17-12-15(11-16)9-5-6-10-15/h3-4,7-8H,2,5-6,9-12H2,1H3. The number of alkyl halides is 1. The number of hydrogen-bond donors (Lipinski definition) is 0. The van der Waals surface area contributed by atoms with Gasteiger partial charge in [0.25, 0.3) is 0 Å². The molecule has 0 bridgehead atoms. The molecular weight excluding hydrogens is 276 g/mol. The molecular formula is C15H21BrO. The predicted octanol–water partition coefficient (Wildman–Crippen LogP) is 4.58. The zero-order valence-corrected chi connectivity index (χ0v) is 12.1. The van der Waals surface area contributed by atoms with Crippen LogP contribution in [0.3, 0.4) is 0 Å². The number of rotatable bonds is 5. The largest absolute Gasteiger partial charge is 0.493 e. The van der Waals surface area contributed by atoms with Crippen molar-refractivity contribution in [1.29, 1.82) is 0 Å². The molecule has 0 radical (unpaired) electrons. The number of halogens is 1. The van der Waals surface area contributed by atoms with E-state index in [0.29, 0.717) is 5.41 Å². The van der Waals surface area contributed by atoms with Crippen LogP contribution in [0.5, 0.6) is 5.75 Å². The van der Waals surface area contributed by atoms with Gasteiger partial charge in [-0.15, -0.1) is 0 Å². The van der Waals surface area contributed by atoms with Crippen LogP contribution in [-0.4, -0.2) is 11.9 Å². The molecule has 1 aromatic carbocycles. The summed E-state index contributed by atoms with van der Waals surface area (Å²) in [6.07, 6.45) is 6.34. The van der Waals surface area contributed by atoms with Crippen molar-refractivity contribution in [3.05, 3.63) is 29.8 Å². The molecule has 0 atom stereocenters. The van der Waals surface area contributed by atoms with Crippen LogP contribution in [0.25, 0.3) is 0 Å². The van der Waals surface area contributed by atoms with Gasteiger partial charge in [0.15, 0.2) is 0 Å². The molecule has 1 saturated carbocycles. The van der Waals surface area contributed by atoms with Crippen molar-refractivity contribution < 1.29 is 4.74 Å². The Morgan fingerprint density at radius 3 is 2.59 bits per heavy atom. The van der Waals surface area contributed by atoms with E-state index >= 15 is 0 Å². The number of benzene rings is 1. The van der Waals surface area contributed by atoms with Crippen molar-refractivity contribution in [3.8, 4) is 5.75 Å². The van der Waals surface area contributed by atoms with E-state index in [4.69, 9.17) is 4.74 Å². The molecule has 17 heavy (non-hydrogen) atoms. The summed E-state index contributed by atoms with van der Waals surface area (Å²) in [6, 6.07) is 8.39. The number of hydrogen-bond acceptors (Lipinski definition) is 1. The Bertz CT molecular complexity index is 356. The van der Waals surface area contributed by atoms with Gasteiger partial charge in [0.05, 0.1) is 6.61 Å². The van der Waals surface area contributed by atoms with Crippen LogP contribution in [0.15, 0.2) is 24.3 Å². The minimum absolute atomic E-state index is 0.376. The minimum Gasteiger partial charge on any atom is -0.493 e. The topological polar surface area (TPSA) is 9.23 Å². The third kappa shape index (κ3) is 3.04. The van der Waals surface area contributed by atoms with E-state index in [1.807, 2.05) is 0 Å². The molecule has 0 aliphatic heterocycles. The molecule has 0 saturated heterocycles. The van der Waals surface area contributed by atoms with Gasteiger partial charge in [-0.05, 0) is 30.9 Å². The fourth-order valence-electron chi connectivity index (χ4n) is 2.61. The Balaban J connectivity index is 2.01. The maximum atomic E-state index is 6.08. The number of ether oxygens (including phenoxy) is 1. The maximum absolute atomic E-state index is 6.08. The smallest absolute Gasteiger partial charge is 0.122 e. The normalized spacial score (nSPS) is 18.2. The lowest BCUT2D eigenvalue weighted by Crippen LogP contribution is -2.27. The van der Waals surface area contributed by atoms with Crippen molar-refractivity contribution in [3.63, 3.8) is 0 Å². The Hall–Kier alpha value is -0.500. The quantitative estimate of drug-likeness (QED) is 0.723. The average Bonchev–Trinajstić information content (AvgIpc) is 2.86. The Morgan fingerprint density at radius 2 is 1.94 bits per heavy atom. The lowest BCUT2D eigenvalue weighted by molar-refractivity contribution is 0.173. The highest BCUT2D eigenvalue weighted by Crippen LogP contribution is 2.40. The third-order valence-electron chi connectivity index (χ3n) is 3.84. The van der Waals surface area contributed by atoms with Crippen molar-refractivity contribution >= 4 is 15.9 Å². The van der Waals surface area contributed by atoms with Gasteiger partial charge in [-0.3, -0.25) is 0 Å². The van der Waals surface area contributed by atoms with Gasteiger partial charge in [-0.1, -0.05) is 53.9 Å². The third-order valence-corrected chi connectivity index (χ3v) is 5.02. The molecule has 0 spiro atoms. The zero-order valence-electron chi connectivity index (χ0n) is 10.5. The van der Waals surface area contributed by atoms with Gasteiger partial charge >= 0.3 is 0 Å². The second kappa shape index (κ2) is 5.90. The summed E-state index contributed by atoms with van der Waals surface area (Å²) in [5.41, 5.74) is 1.69. The van der Waals surface area contributed by atoms with Crippen molar-refractivity contribution in [1.82, 2.24) is 0 Å². The Morgan fingerprint density at radius 1 is 1.24 bits per heavy atom. The summed E-state index contributed by atoms with van der Waals surface area (Å²) in [4.78, 5) is 0. The van der Waals surface area contributed by atoms with E-state index in [2.05, 4.69) is 47.1 Å². The van der Waals surface area contributed by atoms with Crippen molar-refractivity contribution in [2.45, 2.75) is 39.0 Å². The molecule has 94 valence electrons. The summed E-state index contributed by atoms with van der Waals surface area (Å²) in [5.74, 6) is 1.07. The van der Waals surface area contributed by atoms with E-state index in [9.17, 15) is 0 Å². The fraction of sp³-hybridized carbons (Fsp3) is 0.600. The van der Waals surface area contributed by atoms with Crippen molar-refractivity contribution in [2.24, 2.45) is 5.41 Å². The highest BCUT2D eigenvalue weighted by Gasteiger charge is 2.33. The molecule has 0 unspecified atom stereocenters.